The third-order valence-electron chi connectivity index (χ3n) is 5.31. The van der Waals surface area contributed by atoms with Crippen molar-refractivity contribution in [2.24, 2.45) is 0 Å². The number of hydrogen-bond acceptors (Lipinski definition) is 2. The minimum Gasteiger partial charge on any atom is -1.00 e. The largest absolute Gasteiger partial charge is 1.00 e. The van der Waals surface area contributed by atoms with Gasteiger partial charge in [0.15, 0.2) is 13.1 Å². The number of nitrogens with zero attached hydrogens (tertiary/aromatic N) is 1. The highest BCUT2D eigenvalue weighted by molar-refractivity contribution is 5.95. The molecule has 0 bridgehead atoms. The highest BCUT2D eigenvalue weighted by Gasteiger charge is 2.27. The SMILES string of the molecule is CC[N+](C)(CC(=O)Nc1c(C)cccc1C)CC(=O)Nc1c(C)cccc1C.[Br-]. The van der Waals surface area contributed by atoms with E-state index in [2.05, 4.69) is 10.6 Å². The van der Waals surface area contributed by atoms with Crippen molar-refractivity contribution < 1.29 is 31.1 Å². The van der Waals surface area contributed by atoms with Gasteiger partial charge in [-0.25, -0.2) is 0 Å². The molecule has 0 saturated carbocycles. The minimum atomic E-state index is -0.0818. The Hall–Kier alpha value is -2.18. The molecule has 0 aromatic heterocycles. The van der Waals surface area contributed by atoms with E-state index in [0.29, 0.717) is 11.0 Å². The molecule has 2 rings (SSSR count). The molecule has 0 saturated heterocycles. The monoisotopic (exact) mass is 461 g/mol. The number of carbonyl (C=O) groups excluding carboxylic acids is 2. The Bertz CT molecular complexity index is 772. The fourth-order valence-electron chi connectivity index (χ4n) is 3.35. The number of aryl methyl sites for hydroxylation is 4. The first kappa shape index (κ1) is 24.9. The Kier molecular flexibility index (Phi) is 9.05. The number of rotatable bonds is 7. The molecule has 0 aliphatic carbocycles. The van der Waals surface area contributed by atoms with Crippen molar-refractivity contribution in [2.75, 3.05) is 37.3 Å². The summed E-state index contributed by atoms with van der Waals surface area (Å²) in [6, 6.07) is 11.9. The molecule has 0 spiro atoms. The van der Waals surface area contributed by atoms with Gasteiger partial charge in [-0.1, -0.05) is 36.4 Å². The Morgan fingerprint density at radius 3 is 1.34 bits per heavy atom. The molecule has 2 amide bonds. The second kappa shape index (κ2) is 10.6. The number of amides is 2. The van der Waals surface area contributed by atoms with Crippen LogP contribution >= 0.6 is 0 Å². The van der Waals surface area contributed by atoms with Crippen LogP contribution in [-0.4, -0.2) is 43.0 Å². The summed E-state index contributed by atoms with van der Waals surface area (Å²) in [4.78, 5) is 25.4. The summed E-state index contributed by atoms with van der Waals surface area (Å²) in [7, 11) is 1.94. The van der Waals surface area contributed by atoms with Crippen LogP contribution in [0.1, 0.15) is 29.2 Å². The zero-order valence-corrected chi connectivity index (χ0v) is 19.8. The topological polar surface area (TPSA) is 58.2 Å². The number of para-hydroxylation sites is 2. The quantitative estimate of drug-likeness (QED) is 0.603. The van der Waals surface area contributed by atoms with E-state index >= 15 is 0 Å². The maximum Gasteiger partial charge on any atom is 0.279 e. The minimum absolute atomic E-state index is 0. The smallest absolute Gasteiger partial charge is 0.279 e. The number of likely N-dealkylation sites (N-methyl/N-ethyl adjacent to an activating group) is 1. The second-order valence-corrected chi connectivity index (χ2v) is 7.88. The van der Waals surface area contributed by atoms with Gasteiger partial charge in [0.25, 0.3) is 11.8 Å². The number of nitrogens with one attached hydrogen (secondary N) is 2. The molecular weight excluding hydrogens is 430 g/mol. The standard InChI is InChI=1S/C23H31N3O2.BrH/c1-7-26(6,14-20(27)24-22-16(2)10-8-11-17(22)3)15-21(28)25-23-18(4)12-9-13-19(23)5;/h8-13H,7,14-15H2,1-6H3,(H-,24,25,27,28);1H. The molecule has 0 fully saturated rings. The van der Waals surface area contributed by atoms with Crippen LogP contribution in [-0.2, 0) is 9.59 Å². The van der Waals surface area contributed by atoms with E-state index in [1.807, 2.05) is 78.1 Å². The molecule has 0 aliphatic heterocycles. The lowest BCUT2D eigenvalue weighted by molar-refractivity contribution is -0.892. The first-order valence-corrected chi connectivity index (χ1v) is 9.71. The normalized spacial score (nSPS) is 10.8. The highest BCUT2D eigenvalue weighted by atomic mass is 79.9. The van der Waals surface area contributed by atoms with Gasteiger partial charge in [0.05, 0.1) is 13.6 Å². The van der Waals surface area contributed by atoms with Gasteiger partial charge in [0.1, 0.15) is 0 Å². The van der Waals surface area contributed by atoms with Crippen molar-refractivity contribution in [2.45, 2.75) is 34.6 Å². The van der Waals surface area contributed by atoms with Crippen molar-refractivity contribution in [3.8, 4) is 0 Å². The maximum atomic E-state index is 12.7. The number of hydrogen-bond donors (Lipinski definition) is 2. The summed E-state index contributed by atoms with van der Waals surface area (Å²) < 4.78 is 0.341. The maximum absolute atomic E-state index is 12.7. The van der Waals surface area contributed by atoms with Gasteiger partial charge >= 0.3 is 0 Å². The van der Waals surface area contributed by atoms with Gasteiger partial charge in [-0.05, 0) is 56.9 Å². The van der Waals surface area contributed by atoms with Gasteiger partial charge in [-0.3, -0.25) is 9.59 Å². The molecule has 29 heavy (non-hydrogen) atoms. The molecule has 0 aliphatic rings. The fourth-order valence-corrected chi connectivity index (χ4v) is 3.35. The van der Waals surface area contributed by atoms with Crippen LogP contribution < -0.4 is 27.6 Å². The zero-order valence-electron chi connectivity index (χ0n) is 18.2. The van der Waals surface area contributed by atoms with Gasteiger partial charge in [0, 0.05) is 11.4 Å². The third kappa shape index (κ3) is 6.68. The molecule has 2 N–H and O–H groups in total. The zero-order chi connectivity index (χ0) is 20.9. The fraction of sp³-hybridized carbons (Fsp3) is 0.391. The average Bonchev–Trinajstić information content (AvgIpc) is 2.61. The number of benzene rings is 2. The average molecular weight is 462 g/mol. The number of anilines is 2. The lowest BCUT2D eigenvalue weighted by Crippen LogP contribution is -3.00. The van der Waals surface area contributed by atoms with Crippen LogP contribution in [0.3, 0.4) is 0 Å². The summed E-state index contributed by atoms with van der Waals surface area (Å²) in [6.45, 7) is 11.1. The van der Waals surface area contributed by atoms with Crippen LogP contribution in [0.4, 0.5) is 11.4 Å². The molecule has 5 nitrogen and oxygen atoms in total. The summed E-state index contributed by atoms with van der Waals surface area (Å²) in [5.74, 6) is -0.164. The molecule has 0 heterocycles. The van der Waals surface area contributed by atoms with Gasteiger partial charge in [0.2, 0.25) is 0 Å². The molecule has 0 unspecified atom stereocenters. The Morgan fingerprint density at radius 2 is 1.07 bits per heavy atom. The van der Waals surface area contributed by atoms with E-state index in [1.165, 1.54) is 0 Å². The van der Waals surface area contributed by atoms with Crippen LogP contribution in [0, 0.1) is 27.7 Å². The van der Waals surface area contributed by atoms with Crippen molar-refractivity contribution in [3.05, 3.63) is 58.7 Å². The molecular formula is C23H32BrN3O2. The van der Waals surface area contributed by atoms with E-state index in [-0.39, 0.29) is 41.9 Å². The first-order chi connectivity index (χ1) is 13.1. The Labute approximate surface area is 184 Å². The molecule has 158 valence electrons. The van der Waals surface area contributed by atoms with Crippen molar-refractivity contribution in [3.63, 3.8) is 0 Å². The molecule has 0 atom stereocenters. The van der Waals surface area contributed by atoms with Crippen LogP contribution in [0.15, 0.2) is 36.4 Å². The van der Waals surface area contributed by atoms with Crippen molar-refractivity contribution in [1.82, 2.24) is 0 Å². The predicted molar refractivity (Wildman–Crippen MR) is 116 cm³/mol. The van der Waals surface area contributed by atoms with Crippen LogP contribution in [0.25, 0.3) is 0 Å². The number of quaternary nitrogens is 1. The van der Waals surface area contributed by atoms with E-state index in [1.54, 1.807) is 0 Å². The molecule has 6 heteroatoms. The third-order valence-corrected chi connectivity index (χ3v) is 5.31. The lowest BCUT2D eigenvalue weighted by atomic mass is 10.1. The number of carbonyl (C=O) groups is 2. The van der Waals surface area contributed by atoms with Crippen molar-refractivity contribution in [1.29, 1.82) is 0 Å². The van der Waals surface area contributed by atoms with E-state index < -0.39 is 0 Å². The van der Waals surface area contributed by atoms with Gasteiger partial charge < -0.3 is 32.1 Å². The van der Waals surface area contributed by atoms with Gasteiger partial charge in [-0.15, -0.1) is 0 Å². The summed E-state index contributed by atoms with van der Waals surface area (Å²) >= 11 is 0. The Morgan fingerprint density at radius 1 is 0.759 bits per heavy atom. The van der Waals surface area contributed by atoms with E-state index in [0.717, 1.165) is 33.6 Å². The molecule has 2 aromatic rings. The van der Waals surface area contributed by atoms with Crippen molar-refractivity contribution >= 4 is 23.2 Å². The Balaban J connectivity index is 0.00000420. The van der Waals surface area contributed by atoms with Crippen LogP contribution in [0.2, 0.25) is 0 Å². The molecule has 0 radical (unpaired) electrons. The lowest BCUT2D eigenvalue weighted by Gasteiger charge is -2.32. The highest BCUT2D eigenvalue weighted by Crippen LogP contribution is 2.21. The summed E-state index contributed by atoms with van der Waals surface area (Å²) in [5, 5.41) is 6.05. The first-order valence-electron chi connectivity index (χ1n) is 9.71. The van der Waals surface area contributed by atoms with Crippen LogP contribution in [0.5, 0.6) is 0 Å². The van der Waals surface area contributed by atoms with E-state index in [4.69, 9.17) is 0 Å². The molecule has 2 aromatic carbocycles. The predicted octanol–water partition coefficient (Wildman–Crippen LogP) is 0.968. The second-order valence-electron chi connectivity index (χ2n) is 7.88. The van der Waals surface area contributed by atoms with Gasteiger partial charge in [-0.2, -0.15) is 0 Å². The summed E-state index contributed by atoms with van der Waals surface area (Å²) in [5.41, 5.74) is 5.85. The number of halogens is 1. The van der Waals surface area contributed by atoms with E-state index in [9.17, 15) is 9.59 Å². The summed E-state index contributed by atoms with van der Waals surface area (Å²) in [6.07, 6.45) is 0.